The number of esters is 1. The van der Waals surface area contributed by atoms with Crippen LogP contribution in [0.5, 0.6) is 0 Å². The second-order valence-corrected chi connectivity index (χ2v) is 6.52. The Hall–Kier alpha value is -3.20. The Morgan fingerprint density at radius 1 is 1.07 bits per heavy atom. The minimum atomic E-state index is -4.84. The van der Waals surface area contributed by atoms with Crippen LogP contribution < -0.4 is 10.6 Å². The topological polar surface area (TPSA) is 83.2 Å². The molecule has 29 heavy (non-hydrogen) atoms. The number of methoxy groups -OCH3 is 1. The van der Waals surface area contributed by atoms with Gasteiger partial charge in [0.2, 0.25) is 0 Å². The zero-order chi connectivity index (χ0) is 21.2. The molecule has 0 saturated carbocycles. The molecular formula is C19H15ClF3N3O3. The number of ether oxygens (including phenoxy) is 1. The van der Waals surface area contributed by atoms with Crippen molar-refractivity contribution in [2.24, 2.45) is 0 Å². The monoisotopic (exact) mass is 425 g/mol. The average Bonchev–Trinajstić information content (AvgIpc) is 3.05. The molecule has 0 fully saturated rings. The van der Waals surface area contributed by atoms with E-state index in [1.165, 1.54) is 18.2 Å². The van der Waals surface area contributed by atoms with E-state index in [0.717, 1.165) is 13.3 Å². The molecule has 1 atom stereocenters. The number of amides is 2. The summed E-state index contributed by atoms with van der Waals surface area (Å²) in [5, 5.41) is 5.77. The molecule has 3 rings (SSSR count). The summed E-state index contributed by atoms with van der Waals surface area (Å²) in [5.41, 5.74) is 0.816. The average molecular weight is 426 g/mol. The first kappa shape index (κ1) is 20.5. The number of alkyl halides is 3. The normalized spacial score (nSPS) is 12.4. The number of H-pyrrole nitrogens is 1. The van der Waals surface area contributed by atoms with Crippen LogP contribution in [0.1, 0.15) is 11.5 Å². The maximum atomic E-state index is 13.4. The molecule has 3 N–H and O–H groups in total. The van der Waals surface area contributed by atoms with Crippen LogP contribution in [0.25, 0.3) is 10.9 Å². The van der Waals surface area contributed by atoms with Gasteiger partial charge in [-0.3, -0.25) is 4.79 Å². The van der Waals surface area contributed by atoms with Crippen LogP contribution in [-0.2, 0) is 9.53 Å². The van der Waals surface area contributed by atoms with Crippen molar-refractivity contribution in [3.63, 3.8) is 0 Å². The van der Waals surface area contributed by atoms with E-state index in [-0.39, 0.29) is 16.6 Å². The standard InChI is InChI=1S/C19H15ClF3N3O3/c1-29-17(27)16(19(21,22)23)14-9-24-15-7-6-12(8-13(14)15)26-18(28)25-11-4-2-10(20)3-5-11/h2-9,16,24H,1H3,(H2,25,26,28). The number of halogens is 4. The number of aromatic nitrogens is 1. The third kappa shape index (κ3) is 4.62. The minimum absolute atomic E-state index is 0.141. The number of hydrogen-bond acceptors (Lipinski definition) is 3. The van der Waals surface area contributed by atoms with E-state index in [4.69, 9.17) is 11.6 Å². The number of rotatable bonds is 4. The van der Waals surface area contributed by atoms with E-state index >= 15 is 0 Å². The van der Waals surface area contributed by atoms with Crippen LogP contribution in [-0.4, -0.2) is 30.3 Å². The molecule has 0 spiro atoms. The largest absolute Gasteiger partial charge is 0.468 e. The van der Waals surface area contributed by atoms with Crippen molar-refractivity contribution in [3.05, 3.63) is 59.2 Å². The van der Waals surface area contributed by atoms with E-state index in [1.807, 2.05) is 0 Å². The highest BCUT2D eigenvalue weighted by atomic mass is 35.5. The van der Waals surface area contributed by atoms with Gasteiger partial charge in [0.05, 0.1) is 7.11 Å². The summed E-state index contributed by atoms with van der Waals surface area (Å²) < 4.78 is 44.6. The second-order valence-electron chi connectivity index (χ2n) is 6.09. The lowest BCUT2D eigenvalue weighted by atomic mass is 9.97. The molecule has 2 amide bonds. The molecule has 2 aromatic carbocycles. The minimum Gasteiger partial charge on any atom is -0.468 e. The van der Waals surface area contributed by atoms with Crippen molar-refractivity contribution in [1.29, 1.82) is 0 Å². The van der Waals surface area contributed by atoms with Gasteiger partial charge < -0.3 is 20.4 Å². The molecule has 0 radical (unpaired) electrons. The molecule has 0 aliphatic rings. The van der Waals surface area contributed by atoms with Crippen molar-refractivity contribution >= 4 is 45.9 Å². The Labute approximate surface area is 168 Å². The fourth-order valence-electron chi connectivity index (χ4n) is 2.84. The molecule has 1 unspecified atom stereocenters. The van der Waals surface area contributed by atoms with Crippen molar-refractivity contribution < 1.29 is 27.5 Å². The first-order valence-electron chi connectivity index (χ1n) is 8.28. The highest BCUT2D eigenvalue weighted by Gasteiger charge is 2.48. The summed E-state index contributed by atoms with van der Waals surface area (Å²) in [5.74, 6) is -3.86. The van der Waals surface area contributed by atoms with E-state index in [2.05, 4.69) is 20.4 Å². The molecule has 152 valence electrons. The third-order valence-electron chi connectivity index (χ3n) is 4.15. The zero-order valence-corrected chi connectivity index (χ0v) is 15.7. The van der Waals surface area contributed by atoms with E-state index in [9.17, 15) is 22.8 Å². The van der Waals surface area contributed by atoms with Crippen LogP contribution in [0.2, 0.25) is 5.02 Å². The first-order valence-corrected chi connectivity index (χ1v) is 8.66. The van der Waals surface area contributed by atoms with Gasteiger partial charge in [0.25, 0.3) is 0 Å². The van der Waals surface area contributed by atoms with Gasteiger partial charge in [0.1, 0.15) is 0 Å². The number of aromatic amines is 1. The van der Waals surface area contributed by atoms with Crippen molar-refractivity contribution in [1.82, 2.24) is 4.98 Å². The molecule has 0 aliphatic heterocycles. The van der Waals surface area contributed by atoms with E-state index in [0.29, 0.717) is 16.2 Å². The number of fused-ring (bicyclic) bond motifs is 1. The Morgan fingerprint density at radius 2 is 1.69 bits per heavy atom. The first-order chi connectivity index (χ1) is 13.7. The number of urea groups is 1. The second kappa shape index (κ2) is 8.04. The highest BCUT2D eigenvalue weighted by molar-refractivity contribution is 6.30. The molecule has 6 nitrogen and oxygen atoms in total. The van der Waals surface area contributed by atoms with Crippen LogP contribution in [0.3, 0.4) is 0 Å². The summed E-state index contributed by atoms with van der Waals surface area (Å²) in [6.07, 6.45) is -3.73. The number of carbonyl (C=O) groups is 2. The Bertz CT molecular complexity index is 1050. The van der Waals surface area contributed by atoms with Gasteiger partial charge in [-0.2, -0.15) is 13.2 Å². The number of hydrogen-bond donors (Lipinski definition) is 3. The lowest BCUT2D eigenvalue weighted by Gasteiger charge is -2.17. The highest BCUT2D eigenvalue weighted by Crippen LogP contribution is 2.39. The number of carbonyl (C=O) groups excluding carboxylic acids is 2. The van der Waals surface area contributed by atoms with E-state index < -0.39 is 24.1 Å². The van der Waals surface area contributed by atoms with Crippen LogP contribution in [0.4, 0.5) is 29.3 Å². The maximum Gasteiger partial charge on any atom is 0.406 e. The summed E-state index contributed by atoms with van der Waals surface area (Å²) >= 11 is 5.78. The number of anilines is 2. The fourth-order valence-corrected chi connectivity index (χ4v) is 2.97. The molecule has 3 aromatic rings. The molecule has 0 aliphatic carbocycles. The predicted molar refractivity (Wildman–Crippen MR) is 103 cm³/mol. The lowest BCUT2D eigenvalue weighted by molar-refractivity contribution is -0.179. The predicted octanol–water partition coefficient (Wildman–Crippen LogP) is 5.28. The fraction of sp³-hybridized carbons (Fsp3) is 0.158. The molecule has 1 aromatic heterocycles. The maximum absolute atomic E-state index is 13.4. The van der Waals surface area contributed by atoms with Crippen molar-refractivity contribution in [2.45, 2.75) is 12.1 Å². The Morgan fingerprint density at radius 3 is 2.31 bits per heavy atom. The molecule has 0 saturated heterocycles. The van der Waals surface area contributed by atoms with Gasteiger partial charge in [0, 0.05) is 39.1 Å². The molecule has 1 heterocycles. The summed E-state index contributed by atoms with van der Waals surface area (Å²) in [6.45, 7) is 0. The Kier molecular flexibility index (Phi) is 5.69. The summed E-state index contributed by atoms with van der Waals surface area (Å²) in [6, 6.07) is 10.2. The van der Waals surface area contributed by atoms with Gasteiger partial charge in [-0.15, -0.1) is 0 Å². The molecule has 10 heteroatoms. The van der Waals surface area contributed by atoms with Crippen LogP contribution >= 0.6 is 11.6 Å². The molecule has 0 bridgehead atoms. The van der Waals surface area contributed by atoms with Gasteiger partial charge in [-0.05, 0) is 42.5 Å². The zero-order valence-electron chi connectivity index (χ0n) is 14.9. The third-order valence-corrected chi connectivity index (χ3v) is 4.40. The van der Waals surface area contributed by atoms with E-state index in [1.54, 1.807) is 24.3 Å². The van der Waals surface area contributed by atoms with Crippen LogP contribution in [0.15, 0.2) is 48.7 Å². The number of nitrogens with one attached hydrogen (secondary N) is 3. The van der Waals surface area contributed by atoms with Crippen molar-refractivity contribution in [2.75, 3.05) is 17.7 Å². The SMILES string of the molecule is COC(=O)C(c1c[nH]c2ccc(NC(=O)Nc3ccc(Cl)cc3)cc12)C(F)(F)F. The molecular weight excluding hydrogens is 411 g/mol. The Balaban J connectivity index is 1.87. The smallest absolute Gasteiger partial charge is 0.406 e. The number of benzene rings is 2. The summed E-state index contributed by atoms with van der Waals surface area (Å²) in [7, 11) is 0.893. The van der Waals surface area contributed by atoms with Gasteiger partial charge in [-0.25, -0.2) is 4.79 Å². The van der Waals surface area contributed by atoms with Crippen molar-refractivity contribution in [3.8, 4) is 0 Å². The quantitative estimate of drug-likeness (QED) is 0.497. The van der Waals surface area contributed by atoms with Gasteiger partial charge in [0.15, 0.2) is 5.92 Å². The van der Waals surface area contributed by atoms with Crippen LogP contribution in [0, 0.1) is 0 Å². The van der Waals surface area contributed by atoms with Gasteiger partial charge >= 0.3 is 18.2 Å². The van der Waals surface area contributed by atoms with Gasteiger partial charge in [-0.1, -0.05) is 11.6 Å². The lowest BCUT2D eigenvalue weighted by Crippen LogP contribution is -2.29. The summed E-state index contributed by atoms with van der Waals surface area (Å²) in [4.78, 5) is 26.6.